The van der Waals surface area contributed by atoms with E-state index < -0.39 is 53.8 Å². The van der Waals surface area contributed by atoms with Gasteiger partial charge in [0.05, 0.1) is 6.04 Å². The first-order valence-electron chi connectivity index (χ1n) is 14.6. The lowest BCUT2D eigenvalue weighted by molar-refractivity contribution is -0.142. The Balaban J connectivity index is 1.71. The van der Waals surface area contributed by atoms with Crippen LogP contribution in [0.4, 0.5) is 0 Å². The number of phenolic OH excluding ortho intramolecular Hbond substituents is 1. The van der Waals surface area contributed by atoms with Crippen molar-refractivity contribution in [3.05, 3.63) is 65.9 Å². The van der Waals surface area contributed by atoms with E-state index in [0.29, 0.717) is 12.0 Å². The highest BCUT2D eigenvalue weighted by Gasteiger charge is 2.32. The van der Waals surface area contributed by atoms with Crippen LogP contribution in [0.15, 0.2) is 59.7 Å². The Kier molecular flexibility index (Phi) is 12.3. The van der Waals surface area contributed by atoms with E-state index in [1.165, 1.54) is 12.1 Å². The molecule has 1 heterocycles. The van der Waals surface area contributed by atoms with Crippen molar-refractivity contribution in [2.45, 2.75) is 63.7 Å². The predicted molar refractivity (Wildman–Crippen MR) is 170 cm³/mol. The van der Waals surface area contributed by atoms with Gasteiger partial charge >= 0.3 is 5.97 Å². The lowest BCUT2D eigenvalue weighted by Crippen LogP contribution is -2.58. The van der Waals surface area contributed by atoms with Crippen molar-refractivity contribution in [1.82, 2.24) is 20.9 Å². The second kappa shape index (κ2) is 16.1. The van der Waals surface area contributed by atoms with Gasteiger partial charge in [0.25, 0.3) is 0 Å². The molecule has 242 valence electrons. The number of carbonyl (C=O) groups is 4. The lowest BCUT2D eigenvalue weighted by atomic mass is 10.00. The molecule has 4 unspecified atom stereocenters. The normalized spacial score (nSPS) is 13.8. The van der Waals surface area contributed by atoms with Crippen LogP contribution < -0.4 is 33.2 Å². The van der Waals surface area contributed by atoms with Crippen molar-refractivity contribution >= 4 is 40.6 Å². The molecule has 0 saturated heterocycles. The number of aliphatic imine (C=N–C) groups is 1. The van der Waals surface area contributed by atoms with Gasteiger partial charge in [-0.15, -0.1) is 0 Å². The van der Waals surface area contributed by atoms with Crippen molar-refractivity contribution in [1.29, 1.82) is 0 Å². The van der Waals surface area contributed by atoms with Crippen molar-refractivity contribution in [2.24, 2.45) is 28.1 Å². The highest BCUT2D eigenvalue weighted by Crippen LogP contribution is 2.19. The summed E-state index contributed by atoms with van der Waals surface area (Å²) < 4.78 is 0. The van der Waals surface area contributed by atoms with Crippen LogP contribution >= 0.6 is 0 Å². The molecule has 3 amide bonds. The predicted octanol–water partition coefficient (Wildman–Crippen LogP) is 0.235. The van der Waals surface area contributed by atoms with Crippen LogP contribution in [-0.4, -0.2) is 75.6 Å². The molecule has 14 nitrogen and oxygen atoms in total. The number of nitrogens with one attached hydrogen (secondary N) is 4. The number of aliphatic carboxylic acids is 1. The number of fused-ring (bicyclic) bond motifs is 1. The number of amides is 3. The minimum Gasteiger partial charge on any atom is -0.508 e. The van der Waals surface area contributed by atoms with Crippen LogP contribution in [0.3, 0.4) is 0 Å². The number of phenols is 1. The smallest absolute Gasteiger partial charge is 0.326 e. The molecule has 3 rings (SSSR count). The van der Waals surface area contributed by atoms with Crippen molar-refractivity contribution in [3.8, 4) is 5.75 Å². The SMILES string of the molecule is CC(C)C(NC(=O)C(CCCN=C(N)N)NC(=O)C(N)Cc1c[nH]c2ccccc12)C(=O)NC(Cc1ccc(O)cc1)C(=O)O. The zero-order chi connectivity index (χ0) is 33.1. The number of aromatic amines is 1. The first-order valence-corrected chi connectivity index (χ1v) is 14.6. The van der Waals surface area contributed by atoms with E-state index >= 15 is 0 Å². The number of carboxylic acid groups (broad SMARTS) is 1. The molecular formula is C31H42N8O6. The third-order valence-corrected chi connectivity index (χ3v) is 7.27. The number of H-pyrrole nitrogens is 1. The summed E-state index contributed by atoms with van der Waals surface area (Å²) in [5, 5.41) is 28.1. The number of nitrogens with two attached hydrogens (primary N) is 3. The number of benzene rings is 2. The third-order valence-electron chi connectivity index (χ3n) is 7.27. The maximum atomic E-state index is 13.5. The molecule has 2 aromatic carbocycles. The third kappa shape index (κ3) is 10.2. The average molecular weight is 623 g/mol. The van der Waals surface area contributed by atoms with Gasteiger partial charge in [-0.2, -0.15) is 0 Å². The van der Waals surface area contributed by atoms with Crippen LogP contribution in [0.25, 0.3) is 10.9 Å². The number of carbonyl (C=O) groups excluding carboxylic acids is 3. The van der Waals surface area contributed by atoms with Crippen molar-refractivity contribution in [3.63, 3.8) is 0 Å². The van der Waals surface area contributed by atoms with E-state index in [1.54, 1.807) is 32.2 Å². The summed E-state index contributed by atoms with van der Waals surface area (Å²) in [4.78, 5) is 59.0. The number of carboxylic acids is 1. The van der Waals surface area contributed by atoms with Gasteiger partial charge in [0.2, 0.25) is 17.7 Å². The highest BCUT2D eigenvalue weighted by molar-refractivity contribution is 5.94. The van der Waals surface area contributed by atoms with Gasteiger partial charge in [-0.05, 0) is 54.5 Å². The summed E-state index contributed by atoms with van der Waals surface area (Å²) >= 11 is 0. The number of hydrogen-bond donors (Lipinski definition) is 9. The maximum Gasteiger partial charge on any atom is 0.326 e. The van der Waals surface area contributed by atoms with E-state index in [0.717, 1.165) is 16.5 Å². The van der Waals surface area contributed by atoms with Crippen molar-refractivity contribution < 1.29 is 29.4 Å². The Morgan fingerprint density at radius 2 is 1.56 bits per heavy atom. The number of hydrogen-bond acceptors (Lipinski definition) is 7. The molecule has 0 aliphatic rings. The second-order valence-electron chi connectivity index (χ2n) is 11.2. The van der Waals surface area contributed by atoms with Gasteiger partial charge in [0.1, 0.15) is 23.9 Å². The van der Waals surface area contributed by atoms with Gasteiger partial charge < -0.3 is 48.3 Å². The van der Waals surface area contributed by atoms with Gasteiger partial charge in [-0.1, -0.05) is 44.2 Å². The number of nitrogens with zero attached hydrogens (tertiary/aromatic N) is 1. The molecule has 0 aliphatic heterocycles. The topological polar surface area (TPSA) is 251 Å². The lowest BCUT2D eigenvalue weighted by Gasteiger charge is -2.27. The number of guanidine groups is 1. The molecule has 0 radical (unpaired) electrons. The summed E-state index contributed by atoms with van der Waals surface area (Å²) in [6.07, 6.45) is 2.43. The van der Waals surface area contributed by atoms with Crippen LogP contribution in [0.5, 0.6) is 5.75 Å². The summed E-state index contributed by atoms with van der Waals surface area (Å²) in [5.74, 6) is -3.70. The molecule has 0 fully saturated rings. The fourth-order valence-corrected chi connectivity index (χ4v) is 4.80. The number of aromatic hydroxyl groups is 1. The standard InChI is InChI=1S/C31H42N8O6/c1-17(2)26(29(43)38-25(30(44)45)14-18-9-11-20(40)12-10-18)39-28(42)24(8-5-13-35-31(33)34)37-27(41)22(32)15-19-16-36-23-7-4-3-6-21(19)23/h3-4,6-7,9-12,16-17,22,24-26,36,40H,5,8,13-15,32H2,1-2H3,(H,37,41)(H,38,43)(H,39,42)(H,44,45)(H4,33,34,35). The summed E-state index contributed by atoms with van der Waals surface area (Å²) in [7, 11) is 0. The fourth-order valence-electron chi connectivity index (χ4n) is 4.80. The van der Waals surface area contributed by atoms with Gasteiger partial charge in [0.15, 0.2) is 5.96 Å². The molecule has 3 aromatic rings. The van der Waals surface area contributed by atoms with Crippen LogP contribution in [0.2, 0.25) is 0 Å². The van der Waals surface area contributed by atoms with Crippen LogP contribution in [0, 0.1) is 5.92 Å². The minimum atomic E-state index is -1.29. The maximum absolute atomic E-state index is 13.5. The Morgan fingerprint density at radius 1 is 0.889 bits per heavy atom. The van der Waals surface area contributed by atoms with Gasteiger partial charge in [-0.25, -0.2) is 4.79 Å². The molecule has 12 N–H and O–H groups in total. The quantitative estimate of drug-likeness (QED) is 0.0601. The minimum absolute atomic E-state index is 0.0242. The first kappa shape index (κ1) is 34.4. The molecular weight excluding hydrogens is 580 g/mol. The molecule has 45 heavy (non-hydrogen) atoms. The highest BCUT2D eigenvalue weighted by atomic mass is 16.4. The molecule has 14 heteroatoms. The molecule has 4 atom stereocenters. The van der Waals surface area contributed by atoms with E-state index in [9.17, 15) is 29.4 Å². The van der Waals surface area contributed by atoms with E-state index in [4.69, 9.17) is 17.2 Å². The van der Waals surface area contributed by atoms with Crippen LogP contribution in [-0.2, 0) is 32.0 Å². The molecule has 0 spiro atoms. The average Bonchev–Trinajstić information content (AvgIpc) is 3.40. The summed E-state index contributed by atoms with van der Waals surface area (Å²) in [6, 6.07) is 9.09. The molecule has 0 aliphatic carbocycles. The van der Waals surface area contributed by atoms with E-state index in [2.05, 4.69) is 25.9 Å². The molecule has 0 bridgehead atoms. The summed E-state index contributed by atoms with van der Waals surface area (Å²) in [5.41, 5.74) is 19.4. The molecule has 0 saturated carbocycles. The Morgan fingerprint density at radius 3 is 2.20 bits per heavy atom. The van der Waals surface area contributed by atoms with Crippen molar-refractivity contribution in [2.75, 3.05) is 6.54 Å². The number of para-hydroxylation sites is 1. The zero-order valence-corrected chi connectivity index (χ0v) is 25.3. The fraction of sp³-hybridized carbons (Fsp3) is 0.387. The monoisotopic (exact) mass is 622 g/mol. The number of rotatable bonds is 16. The van der Waals surface area contributed by atoms with E-state index in [-0.39, 0.29) is 37.5 Å². The molecule has 1 aromatic heterocycles. The summed E-state index contributed by atoms with van der Waals surface area (Å²) in [6.45, 7) is 3.60. The Hall–Kier alpha value is -5.11. The Bertz CT molecular complexity index is 1500. The number of aromatic nitrogens is 1. The largest absolute Gasteiger partial charge is 0.508 e. The zero-order valence-electron chi connectivity index (χ0n) is 25.3. The van der Waals surface area contributed by atoms with Crippen LogP contribution in [0.1, 0.15) is 37.8 Å². The van der Waals surface area contributed by atoms with Gasteiger partial charge in [-0.3, -0.25) is 19.4 Å². The first-order chi connectivity index (χ1) is 21.3. The van der Waals surface area contributed by atoms with E-state index in [1.807, 2.05) is 24.3 Å². The van der Waals surface area contributed by atoms with Gasteiger partial charge in [0, 0.05) is 30.1 Å². The second-order valence-corrected chi connectivity index (χ2v) is 11.2. The Labute approximate surface area is 260 Å².